The second-order valence-corrected chi connectivity index (χ2v) is 7.19. The molecule has 0 radical (unpaired) electrons. The molecule has 2 saturated heterocycles. The molecule has 21 heavy (non-hydrogen) atoms. The molecule has 0 aliphatic carbocycles. The van der Waals surface area contributed by atoms with Gasteiger partial charge in [-0.1, -0.05) is 6.07 Å². The average Bonchev–Trinajstić information content (AvgIpc) is 2.30. The molecular formula is C13H14F4N2OS. The van der Waals surface area contributed by atoms with E-state index in [1.807, 2.05) is 0 Å². The van der Waals surface area contributed by atoms with Crippen molar-refractivity contribution in [3.8, 4) is 0 Å². The molecule has 0 aromatic heterocycles. The van der Waals surface area contributed by atoms with Crippen molar-refractivity contribution in [2.45, 2.75) is 16.9 Å². The Kier molecular flexibility index (Phi) is 3.58. The van der Waals surface area contributed by atoms with E-state index in [1.54, 1.807) is 0 Å². The van der Waals surface area contributed by atoms with E-state index in [9.17, 15) is 21.8 Å². The number of alkyl halides is 3. The minimum absolute atomic E-state index is 0.314. The SMILES string of the molecule is O=S(c1ccc(CN2CC3(CNC3)C2)c(F)c1)C(F)(F)F. The van der Waals surface area contributed by atoms with Gasteiger partial charge in [0.1, 0.15) is 5.82 Å². The Balaban J connectivity index is 1.66. The Morgan fingerprint density at radius 1 is 1.29 bits per heavy atom. The first-order valence-corrected chi connectivity index (χ1v) is 7.64. The molecule has 1 spiro atoms. The summed E-state index contributed by atoms with van der Waals surface area (Å²) in [5.41, 5.74) is -4.22. The van der Waals surface area contributed by atoms with Crippen molar-refractivity contribution >= 4 is 10.8 Å². The maximum absolute atomic E-state index is 13.9. The van der Waals surface area contributed by atoms with Crippen molar-refractivity contribution < 1.29 is 21.8 Å². The highest BCUT2D eigenvalue weighted by Crippen LogP contribution is 2.35. The molecule has 0 saturated carbocycles. The number of benzene rings is 1. The van der Waals surface area contributed by atoms with Crippen LogP contribution >= 0.6 is 0 Å². The highest BCUT2D eigenvalue weighted by atomic mass is 32.2. The molecule has 1 aromatic rings. The van der Waals surface area contributed by atoms with Crippen LogP contribution < -0.4 is 5.32 Å². The van der Waals surface area contributed by atoms with Gasteiger partial charge in [0, 0.05) is 43.7 Å². The van der Waals surface area contributed by atoms with Gasteiger partial charge in [0.25, 0.3) is 0 Å². The molecule has 2 heterocycles. The molecule has 0 bridgehead atoms. The van der Waals surface area contributed by atoms with E-state index in [4.69, 9.17) is 0 Å². The van der Waals surface area contributed by atoms with Crippen LogP contribution in [0.5, 0.6) is 0 Å². The van der Waals surface area contributed by atoms with Crippen molar-refractivity contribution in [2.75, 3.05) is 26.2 Å². The minimum atomic E-state index is -4.87. The summed E-state index contributed by atoms with van der Waals surface area (Å²) >= 11 is 0. The van der Waals surface area contributed by atoms with Crippen molar-refractivity contribution in [1.29, 1.82) is 0 Å². The molecule has 2 fully saturated rings. The average molecular weight is 322 g/mol. The summed E-state index contributed by atoms with van der Waals surface area (Å²) in [7, 11) is -3.19. The zero-order valence-corrected chi connectivity index (χ0v) is 11.9. The van der Waals surface area contributed by atoms with Gasteiger partial charge in [-0.15, -0.1) is 0 Å². The fourth-order valence-corrected chi connectivity index (χ4v) is 3.53. The van der Waals surface area contributed by atoms with Gasteiger partial charge in [-0.25, -0.2) is 8.60 Å². The molecule has 3 nitrogen and oxygen atoms in total. The van der Waals surface area contributed by atoms with Crippen LogP contribution in [0.4, 0.5) is 17.6 Å². The Morgan fingerprint density at radius 2 is 1.95 bits per heavy atom. The van der Waals surface area contributed by atoms with E-state index in [2.05, 4.69) is 10.2 Å². The minimum Gasteiger partial charge on any atom is -0.315 e. The molecule has 0 amide bonds. The smallest absolute Gasteiger partial charge is 0.315 e. The third-order valence-electron chi connectivity index (χ3n) is 3.96. The van der Waals surface area contributed by atoms with Crippen molar-refractivity contribution in [3.05, 3.63) is 29.6 Å². The summed E-state index contributed by atoms with van der Waals surface area (Å²) in [5.74, 6) is -0.738. The van der Waals surface area contributed by atoms with E-state index in [1.165, 1.54) is 6.07 Å². The summed E-state index contributed by atoms with van der Waals surface area (Å²) in [6.45, 7) is 4.04. The summed E-state index contributed by atoms with van der Waals surface area (Å²) in [4.78, 5) is 1.51. The summed E-state index contributed by atoms with van der Waals surface area (Å²) in [5, 5.41) is 3.19. The maximum atomic E-state index is 13.9. The molecule has 1 unspecified atom stereocenters. The largest absolute Gasteiger partial charge is 0.475 e. The molecule has 1 atom stereocenters. The standard InChI is InChI=1S/C13H14F4N2OS/c14-11-3-10(21(20)13(15,16)17)2-1-9(11)4-19-7-12(8-19)5-18-6-12/h1-3,18H,4-8H2. The number of likely N-dealkylation sites (tertiary alicyclic amines) is 1. The molecule has 2 aliphatic rings. The lowest BCUT2D eigenvalue weighted by atomic mass is 9.74. The maximum Gasteiger partial charge on any atom is 0.475 e. The summed E-state index contributed by atoms with van der Waals surface area (Å²) in [6, 6.07) is 3.10. The summed E-state index contributed by atoms with van der Waals surface area (Å²) < 4.78 is 62.0. The van der Waals surface area contributed by atoms with Crippen LogP contribution in [0.1, 0.15) is 5.56 Å². The molecule has 116 valence electrons. The first kappa shape index (κ1) is 14.9. The quantitative estimate of drug-likeness (QED) is 0.862. The number of hydrogen-bond acceptors (Lipinski definition) is 3. The first-order chi connectivity index (χ1) is 9.79. The topological polar surface area (TPSA) is 32.3 Å². The molecule has 8 heteroatoms. The highest BCUT2D eigenvalue weighted by Gasteiger charge is 2.47. The van der Waals surface area contributed by atoms with Crippen molar-refractivity contribution in [3.63, 3.8) is 0 Å². The zero-order valence-electron chi connectivity index (χ0n) is 11.0. The number of nitrogens with zero attached hydrogens (tertiary/aromatic N) is 1. The van der Waals surface area contributed by atoms with Crippen LogP contribution in [0.3, 0.4) is 0 Å². The monoisotopic (exact) mass is 322 g/mol. The predicted octanol–water partition coefficient (Wildman–Crippen LogP) is 1.86. The third kappa shape index (κ3) is 2.84. The van der Waals surface area contributed by atoms with Crippen LogP contribution in [-0.2, 0) is 17.3 Å². The number of rotatable bonds is 3. The van der Waals surface area contributed by atoms with E-state index in [0.717, 1.165) is 38.3 Å². The van der Waals surface area contributed by atoms with Crippen LogP contribution in [0.25, 0.3) is 0 Å². The highest BCUT2D eigenvalue weighted by molar-refractivity contribution is 7.86. The molecule has 3 rings (SSSR count). The van der Waals surface area contributed by atoms with Crippen LogP contribution in [-0.4, -0.2) is 40.8 Å². The Hall–Kier alpha value is -0.990. The Bertz CT molecular complexity index is 578. The van der Waals surface area contributed by atoms with Crippen LogP contribution in [0.15, 0.2) is 23.1 Å². The fraction of sp³-hybridized carbons (Fsp3) is 0.538. The zero-order chi connectivity index (χ0) is 15.3. The van der Waals surface area contributed by atoms with Gasteiger partial charge in [-0.05, 0) is 12.1 Å². The van der Waals surface area contributed by atoms with Gasteiger partial charge >= 0.3 is 5.51 Å². The van der Waals surface area contributed by atoms with E-state index in [0.29, 0.717) is 17.5 Å². The van der Waals surface area contributed by atoms with Gasteiger partial charge in [-0.3, -0.25) is 4.90 Å². The van der Waals surface area contributed by atoms with Crippen LogP contribution in [0.2, 0.25) is 0 Å². The normalized spacial score (nSPS) is 22.7. The lowest BCUT2D eigenvalue weighted by Crippen LogP contribution is -2.70. The predicted molar refractivity (Wildman–Crippen MR) is 69.4 cm³/mol. The van der Waals surface area contributed by atoms with Crippen molar-refractivity contribution in [1.82, 2.24) is 10.2 Å². The second-order valence-electron chi connectivity index (χ2n) is 5.72. The second kappa shape index (κ2) is 5.03. The molecule has 1 N–H and O–H groups in total. The lowest BCUT2D eigenvalue weighted by Gasteiger charge is -2.56. The van der Waals surface area contributed by atoms with Gasteiger partial charge in [0.2, 0.25) is 0 Å². The third-order valence-corrected chi connectivity index (χ3v) is 5.06. The van der Waals surface area contributed by atoms with E-state index >= 15 is 0 Å². The lowest BCUT2D eigenvalue weighted by molar-refractivity contribution is -0.0449. The van der Waals surface area contributed by atoms with Crippen LogP contribution in [0, 0.1) is 11.2 Å². The fourth-order valence-electron chi connectivity index (χ4n) is 2.86. The number of nitrogens with one attached hydrogen (secondary N) is 1. The van der Waals surface area contributed by atoms with E-state index < -0.39 is 27.0 Å². The molecule has 1 aromatic carbocycles. The van der Waals surface area contributed by atoms with E-state index in [-0.39, 0.29) is 0 Å². The molecule has 2 aliphatic heterocycles. The molecular weight excluding hydrogens is 308 g/mol. The van der Waals surface area contributed by atoms with Gasteiger partial charge in [0.05, 0.1) is 4.90 Å². The Labute approximate surface area is 121 Å². The Morgan fingerprint density at radius 3 is 2.43 bits per heavy atom. The summed E-state index contributed by atoms with van der Waals surface area (Å²) in [6.07, 6.45) is 0. The van der Waals surface area contributed by atoms with Crippen molar-refractivity contribution in [2.24, 2.45) is 5.41 Å². The van der Waals surface area contributed by atoms with Gasteiger partial charge in [-0.2, -0.15) is 13.2 Å². The number of hydrogen-bond donors (Lipinski definition) is 1. The van der Waals surface area contributed by atoms with Gasteiger partial charge < -0.3 is 5.32 Å². The first-order valence-electron chi connectivity index (χ1n) is 6.49. The van der Waals surface area contributed by atoms with Gasteiger partial charge in [0.15, 0.2) is 10.8 Å². The number of halogens is 4.